The summed E-state index contributed by atoms with van der Waals surface area (Å²) in [6.45, 7) is 3.26. The number of nitrogens with zero attached hydrogens (tertiary/aromatic N) is 1. The van der Waals surface area contributed by atoms with E-state index < -0.39 is 11.7 Å². The Hall–Kier alpha value is -2.55. The largest absolute Gasteiger partial charge is 0.512 e. The topological polar surface area (TPSA) is 101 Å². The molecule has 7 nitrogen and oxygen atoms in total. The first kappa shape index (κ1) is 25.1. The number of halogens is 1. The molecule has 2 fully saturated rings. The number of hydrogen-bond acceptors (Lipinski definition) is 6. The molecule has 0 bridgehead atoms. The number of allylic oxidation sites excluding steroid dienone is 2. The number of nitrogens with one attached hydrogen (secondary N) is 2. The number of carbonyl (C=O) groups is 2. The predicted molar refractivity (Wildman–Crippen MR) is 127 cm³/mol. The minimum atomic E-state index is -0.581. The fraction of sp³-hybridized carbons (Fsp3) is 0.542. The Balaban J connectivity index is 1.55. The van der Waals surface area contributed by atoms with Crippen molar-refractivity contribution in [2.45, 2.75) is 70.6 Å². The summed E-state index contributed by atoms with van der Waals surface area (Å²) >= 11 is 1.87. The number of aromatic nitrogens is 1. The molecule has 180 valence electrons. The summed E-state index contributed by atoms with van der Waals surface area (Å²) in [5.41, 5.74) is 0.360. The molecule has 0 spiro atoms. The van der Waals surface area contributed by atoms with Crippen LogP contribution in [0.5, 0.6) is 5.88 Å². The van der Waals surface area contributed by atoms with E-state index in [0.29, 0.717) is 25.7 Å². The number of aliphatic hydroxyl groups excluding tert-OH is 1. The molecule has 1 saturated carbocycles. The van der Waals surface area contributed by atoms with E-state index in [1.54, 1.807) is 19.1 Å². The van der Waals surface area contributed by atoms with Crippen LogP contribution in [-0.2, 0) is 4.79 Å². The van der Waals surface area contributed by atoms with Gasteiger partial charge < -0.3 is 20.5 Å². The first-order chi connectivity index (χ1) is 15.9. The third-order valence-corrected chi connectivity index (χ3v) is 6.92. The van der Waals surface area contributed by atoms with Gasteiger partial charge in [0.1, 0.15) is 23.2 Å². The first-order valence-corrected chi connectivity index (χ1v) is 12.6. The van der Waals surface area contributed by atoms with Gasteiger partial charge in [0, 0.05) is 12.1 Å². The van der Waals surface area contributed by atoms with Crippen molar-refractivity contribution in [3.8, 4) is 5.88 Å². The third kappa shape index (κ3) is 7.22. The van der Waals surface area contributed by atoms with Gasteiger partial charge in [0.15, 0.2) is 0 Å². The van der Waals surface area contributed by atoms with Crippen LogP contribution in [0.2, 0.25) is 0 Å². The van der Waals surface area contributed by atoms with Crippen molar-refractivity contribution in [3.63, 3.8) is 0 Å². The van der Waals surface area contributed by atoms with Gasteiger partial charge in [-0.25, -0.2) is 9.37 Å². The molecule has 0 aromatic carbocycles. The fourth-order valence-electron chi connectivity index (χ4n) is 4.07. The number of pyridine rings is 1. The lowest BCUT2D eigenvalue weighted by molar-refractivity contribution is -0.118. The highest BCUT2D eigenvalue weighted by Crippen LogP contribution is 2.25. The Morgan fingerprint density at radius 3 is 2.39 bits per heavy atom. The average molecular weight is 478 g/mol. The SMILES string of the molecule is C/C=C\C(C(=O)NC1CCC(NC(=O)c2cc(F)cnc2OC2CCSCC2)CC1)=C(/C)O. The molecule has 1 aliphatic carbocycles. The van der Waals surface area contributed by atoms with Gasteiger partial charge in [-0.15, -0.1) is 0 Å². The van der Waals surface area contributed by atoms with E-state index in [0.717, 1.165) is 30.5 Å². The Morgan fingerprint density at radius 2 is 1.79 bits per heavy atom. The summed E-state index contributed by atoms with van der Waals surface area (Å²) in [5, 5.41) is 15.6. The third-order valence-electron chi connectivity index (χ3n) is 5.87. The zero-order valence-corrected chi connectivity index (χ0v) is 19.9. The van der Waals surface area contributed by atoms with Gasteiger partial charge in [0.25, 0.3) is 11.8 Å². The number of thioether (sulfide) groups is 1. The van der Waals surface area contributed by atoms with Gasteiger partial charge in [-0.05, 0) is 69.9 Å². The predicted octanol–water partition coefficient (Wildman–Crippen LogP) is 4.06. The molecule has 0 radical (unpaired) electrons. The molecule has 9 heteroatoms. The van der Waals surface area contributed by atoms with Crippen LogP contribution in [0.1, 0.15) is 62.7 Å². The Kier molecular flexibility index (Phi) is 9.17. The molecule has 33 heavy (non-hydrogen) atoms. The summed E-state index contributed by atoms with van der Waals surface area (Å²) in [4.78, 5) is 29.4. The summed E-state index contributed by atoms with van der Waals surface area (Å²) in [5.74, 6) is 0.851. The molecule has 0 atom stereocenters. The van der Waals surface area contributed by atoms with E-state index in [2.05, 4.69) is 15.6 Å². The quantitative estimate of drug-likeness (QED) is 0.311. The summed E-state index contributed by atoms with van der Waals surface area (Å²) in [6, 6.07) is 1.05. The Labute approximate surface area is 198 Å². The summed E-state index contributed by atoms with van der Waals surface area (Å²) in [6.07, 6.45) is 8.82. The second kappa shape index (κ2) is 12.1. The maximum Gasteiger partial charge on any atom is 0.257 e. The van der Waals surface area contributed by atoms with E-state index in [-0.39, 0.29) is 46.9 Å². The molecule has 1 aromatic rings. The van der Waals surface area contributed by atoms with Crippen LogP contribution in [0, 0.1) is 5.82 Å². The number of carbonyl (C=O) groups excluding carboxylic acids is 2. The highest BCUT2D eigenvalue weighted by molar-refractivity contribution is 7.99. The monoisotopic (exact) mass is 477 g/mol. The number of rotatable bonds is 7. The van der Waals surface area contributed by atoms with Crippen LogP contribution in [0.4, 0.5) is 4.39 Å². The Morgan fingerprint density at radius 1 is 1.15 bits per heavy atom. The van der Waals surface area contributed by atoms with Gasteiger partial charge in [-0.2, -0.15) is 11.8 Å². The zero-order valence-electron chi connectivity index (χ0n) is 19.1. The van der Waals surface area contributed by atoms with Crippen molar-refractivity contribution in [1.29, 1.82) is 0 Å². The highest BCUT2D eigenvalue weighted by atomic mass is 32.2. The van der Waals surface area contributed by atoms with Crippen molar-refractivity contribution in [3.05, 3.63) is 47.1 Å². The van der Waals surface area contributed by atoms with Crippen LogP contribution in [0.3, 0.4) is 0 Å². The van der Waals surface area contributed by atoms with Crippen LogP contribution in [0.25, 0.3) is 0 Å². The van der Waals surface area contributed by atoms with E-state index in [1.165, 1.54) is 13.0 Å². The minimum absolute atomic E-state index is 0.0149. The standard InChI is InChI=1S/C24H32FN3O4S/c1-3-4-20(15(2)29)22(30)27-17-5-7-18(8-6-17)28-23(31)21-13-16(25)14-26-24(21)32-19-9-11-33-12-10-19/h3-4,13-14,17-19,29H,5-12H2,1-2H3,(H,27,30)(H,28,31)/b4-3-,20-15-. The smallest absolute Gasteiger partial charge is 0.257 e. The average Bonchev–Trinajstić information content (AvgIpc) is 2.80. The van der Waals surface area contributed by atoms with Crippen molar-refractivity contribution in [2.24, 2.45) is 0 Å². The van der Waals surface area contributed by atoms with Crippen molar-refractivity contribution >= 4 is 23.6 Å². The second-order valence-electron chi connectivity index (χ2n) is 8.43. The maximum atomic E-state index is 13.8. The zero-order chi connectivity index (χ0) is 23.8. The molecule has 2 aliphatic rings. The lowest BCUT2D eigenvalue weighted by atomic mass is 9.90. The van der Waals surface area contributed by atoms with Crippen LogP contribution in [0.15, 0.2) is 35.7 Å². The van der Waals surface area contributed by atoms with Gasteiger partial charge in [0.2, 0.25) is 5.88 Å². The van der Waals surface area contributed by atoms with Crippen molar-refractivity contribution < 1.29 is 23.8 Å². The molecule has 0 unspecified atom stereocenters. The van der Waals surface area contributed by atoms with E-state index >= 15 is 0 Å². The Bertz CT molecular complexity index is 903. The molecule has 3 rings (SSSR count). The van der Waals surface area contributed by atoms with Crippen LogP contribution < -0.4 is 15.4 Å². The molecular weight excluding hydrogens is 445 g/mol. The van der Waals surface area contributed by atoms with Crippen molar-refractivity contribution in [1.82, 2.24) is 15.6 Å². The van der Waals surface area contributed by atoms with Crippen LogP contribution in [-0.4, -0.2) is 51.6 Å². The minimum Gasteiger partial charge on any atom is -0.512 e. The van der Waals surface area contributed by atoms with Gasteiger partial charge in [-0.1, -0.05) is 12.2 Å². The fourth-order valence-corrected chi connectivity index (χ4v) is 5.13. The van der Waals surface area contributed by atoms with E-state index in [9.17, 15) is 19.1 Å². The summed E-state index contributed by atoms with van der Waals surface area (Å²) < 4.78 is 19.8. The lowest BCUT2D eigenvalue weighted by Gasteiger charge is -2.30. The highest BCUT2D eigenvalue weighted by Gasteiger charge is 2.27. The number of hydrogen-bond donors (Lipinski definition) is 3. The number of ether oxygens (including phenoxy) is 1. The molecule has 2 amide bonds. The molecule has 1 aromatic heterocycles. The first-order valence-electron chi connectivity index (χ1n) is 11.4. The lowest BCUT2D eigenvalue weighted by Crippen LogP contribution is -2.44. The molecule has 3 N–H and O–H groups in total. The molecule has 1 saturated heterocycles. The van der Waals surface area contributed by atoms with Crippen LogP contribution >= 0.6 is 11.8 Å². The summed E-state index contributed by atoms with van der Waals surface area (Å²) in [7, 11) is 0. The number of aliphatic hydroxyl groups is 1. The molecule has 2 heterocycles. The maximum absolute atomic E-state index is 13.8. The van der Waals surface area contributed by atoms with Gasteiger partial charge in [0.05, 0.1) is 11.8 Å². The van der Waals surface area contributed by atoms with E-state index in [1.807, 2.05) is 11.8 Å². The normalized spacial score (nSPS) is 22.5. The second-order valence-corrected chi connectivity index (χ2v) is 9.66. The number of amides is 2. The van der Waals surface area contributed by atoms with E-state index in [4.69, 9.17) is 4.74 Å². The van der Waals surface area contributed by atoms with Gasteiger partial charge in [-0.3, -0.25) is 9.59 Å². The molecule has 1 aliphatic heterocycles. The molecular formula is C24H32FN3O4S. The van der Waals surface area contributed by atoms with Gasteiger partial charge >= 0.3 is 0 Å². The van der Waals surface area contributed by atoms with Crippen molar-refractivity contribution in [2.75, 3.05) is 11.5 Å².